The van der Waals surface area contributed by atoms with Gasteiger partial charge in [-0.05, 0) is 18.1 Å². The molecule has 7 nitrogen and oxygen atoms in total. The molecule has 0 spiro atoms. The lowest BCUT2D eigenvalue weighted by atomic mass is 10.2. The number of nitrogens with one attached hydrogen (secondary N) is 2. The largest absolute Gasteiger partial charge is 0.350 e. The van der Waals surface area contributed by atoms with E-state index in [9.17, 15) is 13.2 Å². The lowest BCUT2D eigenvalue weighted by molar-refractivity contribution is 0.0940. The number of anilines is 1. The second-order valence-corrected chi connectivity index (χ2v) is 8.45. The highest BCUT2D eigenvalue weighted by molar-refractivity contribution is 7.91. The van der Waals surface area contributed by atoms with Gasteiger partial charge in [-0.2, -0.15) is 0 Å². The molecule has 2 aromatic rings. The van der Waals surface area contributed by atoms with E-state index in [1.165, 1.54) is 12.4 Å². The predicted octanol–water partition coefficient (Wildman–Crippen LogP) is 1.66. The average molecular weight is 381 g/mol. The zero-order chi connectivity index (χ0) is 17.9. The molecule has 1 aromatic carbocycles. The van der Waals surface area contributed by atoms with Crippen molar-refractivity contribution < 1.29 is 13.2 Å². The minimum absolute atomic E-state index is 0.0168. The van der Waals surface area contributed by atoms with Crippen molar-refractivity contribution in [2.75, 3.05) is 16.8 Å². The molecule has 1 amide bonds. The van der Waals surface area contributed by atoms with Gasteiger partial charge in [-0.15, -0.1) is 0 Å². The number of hydrogen-bond acceptors (Lipinski definition) is 6. The average Bonchev–Trinajstić information content (AvgIpc) is 2.93. The topological polar surface area (TPSA) is 101 Å². The fourth-order valence-corrected chi connectivity index (χ4v) is 4.41. The van der Waals surface area contributed by atoms with Gasteiger partial charge >= 0.3 is 0 Å². The Labute approximate surface area is 150 Å². The number of aromatic nitrogens is 2. The molecule has 1 aliphatic heterocycles. The minimum Gasteiger partial charge on any atom is -0.350 e. The Balaban J connectivity index is 1.56. The van der Waals surface area contributed by atoms with Crippen LogP contribution in [0.1, 0.15) is 22.3 Å². The summed E-state index contributed by atoms with van der Waals surface area (Å²) in [5, 5.41) is 6.38. The van der Waals surface area contributed by atoms with E-state index in [1.54, 1.807) is 6.07 Å². The molecule has 2 N–H and O–H groups in total. The Kier molecular flexibility index (Phi) is 5.19. The summed E-state index contributed by atoms with van der Waals surface area (Å²) >= 11 is 6.08. The summed E-state index contributed by atoms with van der Waals surface area (Å²) in [6.45, 7) is 0.463. The van der Waals surface area contributed by atoms with Crippen molar-refractivity contribution in [3.63, 3.8) is 0 Å². The Hall–Kier alpha value is -2.19. The van der Waals surface area contributed by atoms with Gasteiger partial charge < -0.3 is 10.6 Å². The van der Waals surface area contributed by atoms with Gasteiger partial charge in [-0.1, -0.05) is 29.8 Å². The van der Waals surface area contributed by atoms with E-state index in [2.05, 4.69) is 20.6 Å². The predicted molar refractivity (Wildman–Crippen MR) is 95.3 cm³/mol. The Bertz CT molecular complexity index is 871. The third kappa shape index (κ3) is 4.67. The number of amides is 1. The highest BCUT2D eigenvalue weighted by atomic mass is 35.5. The third-order valence-electron chi connectivity index (χ3n) is 3.88. The lowest BCUT2D eigenvalue weighted by Gasteiger charge is -2.11. The normalized spacial score (nSPS) is 18.7. The number of rotatable bonds is 5. The van der Waals surface area contributed by atoms with Crippen LogP contribution in [-0.4, -0.2) is 41.8 Å². The minimum atomic E-state index is -3.03. The summed E-state index contributed by atoms with van der Waals surface area (Å²) in [5.74, 6) is 0.0934. The van der Waals surface area contributed by atoms with Gasteiger partial charge in [0.2, 0.25) is 5.95 Å². The van der Waals surface area contributed by atoms with E-state index in [1.807, 2.05) is 18.2 Å². The molecule has 0 saturated carbocycles. The van der Waals surface area contributed by atoms with Gasteiger partial charge in [0.1, 0.15) is 0 Å². The number of sulfone groups is 1. The summed E-state index contributed by atoms with van der Waals surface area (Å²) in [7, 11) is -3.03. The summed E-state index contributed by atoms with van der Waals surface area (Å²) in [4.78, 5) is 20.3. The van der Waals surface area contributed by atoms with Crippen LogP contribution in [-0.2, 0) is 16.4 Å². The van der Waals surface area contributed by atoms with Crippen LogP contribution < -0.4 is 10.6 Å². The molecular weight excluding hydrogens is 364 g/mol. The van der Waals surface area contributed by atoms with Crippen LogP contribution in [0.2, 0.25) is 5.02 Å². The highest BCUT2D eigenvalue weighted by Gasteiger charge is 2.29. The van der Waals surface area contributed by atoms with Crippen molar-refractivity contribution >= 4 is 33.3 Å². The van der Waals surface area contributed by atoms with Crippen molar-refractivity contribution in [2.24, 2.45) is 0 Å². The molecule has 0 radical (unpaired) electrons. The Morgan fingerprint density at radius 3 is 2.60 bits per heavy atom. The maximum Gasteiger partial charge on any atom is 0.254 e. The number of carbonyl (C=O) groups excluding carboxylic acids is 1. The highest BCUT2D eigenvalue weighted by Crippen LogP contribution is 2.16. The van der Waals surface area contributed by atoms with Gasteiger partial charge in [-0.25, -0.2) is 18.4 Å². The standard InChI is InChI=1S/C16H17ClN4O3S/c17-14-4-2-1-3-11(14)7-18-16-19-8-12(9-20-16)15(22)21-13-5-6-25(23,24)10-13/h1-4,8-9,13H,5-7,10H2,(H,21,22)(H,18,19,20). The summed E-state index contributed by atoms with van der Waals surface area (Å²) in [6, 6.07) is 7.09. The van der Waals surface area contributed by atoms with Gasteiger partial charge in [-0.3, -0.25) is 4.79 Å². The maximum absolute atomic E-state index is 12.1. The molecule has 25 heavy (non-hydrogen) atoms. The molecule has 3 rings (SSSR count). The van der Waals surface area contributed by atoms with E-state index in [-0.39, 0.29) is 29.0 Å². The van der Waals surface area contributed by atoms with Gasteiger partial charge in [0, 0.05) is 30.0 Å². The fraction of sp³-hybridized carbons (Fsp3) is 0.312. The summed E-state index contributed by atoms with van der Waals surface area (Å²) in [5.41, 5.74) is 1.20. The molecule has 1 saturated heterocycles. The monoisotopic (exact) mass is 380 g/mol. The van der Waals surface area contributed by atoms with Crippen LogP contribution in [0.5, 0.6) is 0 Å². The van der Waals surface area contributed by atoms with E-state index < -0.39 is 9.84 Å². The van der Waals surface area contributed by atoms with Crippen LogP contribution in [0.4, 0.5) is 5.95 Å². The first-order valence-corrected chi connectivity index (χ1v) is 9.93. The lowest BCUT2D eigenvalue weighted by Crippen LogP contribution is -2.35. The molecule has 1 atom stereocenters. The van der Waals surface area contributed by atoms with Gasteiger partial charge in [0.25, 0.3) is 5.91 Å². The number of benzene rings is 1. The molecule has 0 aliphatic carbocycles. The molecule has 9 heteroatoms. The first-order valence-electron chi connectivity index (χ1n) is 7.73. The Morgan fingerprint density at radius 2 is 1.96 bits per heavy atom. The molecule has 1 fully saturated rings. The molecular formula is C16H17ClN4O3S. The number of halogens is 1. The van der Waals surface area contributed by atoms with Crippen molar-refractivity contribution in [1.29, 1.82) is 0 Å². The molecule has 1 aliphatic rings. The maximum atomic E-state index is 12.1. The third-order valence-corrected chi connectivity index (χ3v) is 6.01. The van der Waals surface area contributed by atoms with Gasteiger partial charge in [0.15, 0.2) is 9.84 Å². The first kappa shape index (κ1) is 17.6. The number of carbonyl (C=O) groups is 1. The fourth-order valence-electron chi connectivity index (χ4n) is 2.53. The summed E-state index contributed by atoms with van der Waals surface area (Å²) < 4.78 is 22.8. The quantitative estimate of drug-likeness (QED) is 0.818. The molecule has 2 heterocycles. The second kappa shape index (κ2) is 7.37. The van der Waals surface area contributed by atoms with E-state index in [0.29, 0.717) is 23.9 Å². The van der Waals surface area contributed by atoms with Crippen LogP contribution in [0.25, 0.3) is 0 Å². The second-order valence-electron chi connectivity index (χ2n) is 5.81. The molecule has 0 bridgehead atoms. The van der Waals surface area contributed by atoms with E-state index in [4.69, 9.17) is 11.6 Å². The van der Waals surface area contributed by atoms with Crippen LogP contribution in [0, 0.1) is 0 Å². The zero-order valence-corrected chi connectivity index (χ0v) is 14.8. The van der Waals surface area contributed by atoms with Crippen molar-refractivity contribution in [3.8, 4) is 0 Å². The number of nitrogens with zero attached hydrogens (tertiary/aromatic N) is 2. The summed E-state index contributed by atoms with van der Waals surface area (Å²) in [6.07, 6.45) is 3.24. The SMILES string of the molecule is O=C(NC1CCS(=O)(=O)C1)c1cnc(NCc2ccccc2Cl)nc1. The molecule has 132 valence electrons. The van der Waals surface area contributed by atoms with Gasteiger partial charge in [0.05, 0.1) is 17.1 Å². The van der Waals surface area contributed by atoms with E-state index >= 15 is 0 Å². The van der Waals surface area contributed by atoms with E-state index in [0.717, 1.165) is 5.56 Å². The first-order chi connectivity index (χ1) is 11.9. The van der Waals surface area contributed by atoms with Crippen LogP contribution in [0.15, 0.2) is 36.7 Å². The number of hydrogen-bond donors (Lipinski definition) is 2. The molecule has 1 unspecified atom stereocenters. The van der Waals surface area contributed by atoms with Crippen molar-refractivity contribution in [1.82, 2.24) is 15.3 Å². The molecule has 1 aromatic heterocycles. The zero-order valence-electron chi connectivity index (χ0n) is 13.3. The Morgan fingerprint density at radius 1 is 1.24 bits per heavy atom. The van der Waals surface area contributed by atoms with Crippen LogP contribution >= 0.6 is 11.6 Å². The van der Waals surface area contributed by atoms with Crippen LogP contribution in [0.3, 0.4) is 0 Å². The van der Waals surface area contributed by atoms with Crippen molar-refractivity contribution in [3.05, 3.63) is 52.8 Å². The smallest absolute Gasteiger partial charge is 0.254 e. The van der Waals surface area contributed by atoms with Crippen molar-refractivity contribution in [2.45, 2.75) is 19.0 Å².